The summed E-state index contributed by atoms with van der Waals surface area (Å²) in [6, 6.07) is 8.11. The van der Waals surface area contributed by atoms with E-state index >= 15 is 0 Å². The molecule has 0 radical (unpaired) electrons. The summed E-state index contributed by atoms with van der Waals surface area (Å²) in [5.74, 6) is 1.05. The van der Waals surface area contributed by atoms with E-state index in [0.717, 1.165) is 50.8 Å². The van der Waals surface area contributed by atoms with Crippen LogP contribution in [0.15, 0.2) is 30.6 Å². The lowest BCUT2D eigenvalue weighted by molar-refractivity contribution is 0.239. The van der Waals surface area contributed by atoms with Crippen molar-refractivity contribution in [1.29, 1.82) is 0 Å². The minimum absolute atomic E-state index is 0.825. The Morgan fingerprint density at radius 3 is 2.71 bits per heavy atom. The molecule has 2 N–H and O–H groups in total. The van der Waals surface area contributed by atoms with Crippen LogP contribution in [0.2, 0.25) is 0 Å². The topological polar surface area (TPSA) is 63.2 Å². The van der Waals surface area contributed by atoms with Crippen molar-refractivity contribution in [3.63, 3.8) is 0 Å². The Hall–Kier alpha value is -2.08. The van der Waals surface area contributed by atoms with Gasteiger partial charge in [0.05, 0.1) is 6.54 Å². The van der Waals surface area contributed by atoms with Gasteiger partial charge in [-0.1, -0.05) is 6.07 Å². The van der Waals surface area contributed by atoms with Crippen molar-refractivity contribution in [1.82, 2.24) is 19.7 Å². The molecule has 1 aliphatic heterocycles. The largest absolute Gasteiger partial charge is 0.399 e. The van der Waals surface area contributed by atoms with E-state index < -0.39 is 0 Å². The third-order valence-corrected chi connectivity index (χ3v) is 3.97. The summed E-state index contributed by atoms with van der Waals surface area (Å²) in [6.45, 7) is 7.94. The molecule has 0 atom stereocenters. The van der Waals surface area contributed by atoms with Crippen molar-refractivity contribution in [2.45, 2.75) is 20.0 Å². The normalized spacial score (nSPS) is 16.3. The predicted molar refractivity (Wildman–Crippen MR) is 84.0 cm³/mol. The van der Waals surface area contributed by atoms with Crippen molar-refractivity contribution in [3.8, 4) is 0 Å². The zero-order chi connectivity index (χ0) is 14.7. The number of nitrogen functional groups attached to an aromatic ring is 1. The summed E-state index contributed by atoms with van der Waals surface area (Å²) in [6.07, 6.45) is 1.64. The van der Waals surface area contributed by atoms with Gasteiger partial charge in [0.2, 0.25) is 0 Å². The Kier molecular flexibility index (Phi) is 4.06. The maximum Gasteiger partial charge on any atom is 0.140 e. The number of nitrogens with two attached hydrogens (primary N) is 1. The average molecular weight is 286 g/mol. The van der Waals surface area contributed by atoms with Gasteiger partial charge >= 0.3 is 0 Å². The first-order chi connectivity index (χ1) is 10.3. The van der Waals surface area contributed by atoms with Crippen LogP contribution < -0.4 is 10.6 Å². The third kappa shape index (κ3) is 3.16. The van der Waals surface area contributed by atoms with Crippen molar-refractivity contribution in [2.75, 3.05) is 36.8 Å². The minimum atomic E-state index is 0.825. The number of benzene rings is 1. The fourth-order valence-electron chi connectivity index (χ4n) is 2.76. The molecule has 1 saturated heterocycles. The third-order valence-electron chi connectivity index (χ3n) is 3.97. The lowest BCUT2D eigenvalue weighted by atomic mass is 10.2. The number of nitrogens with zero attached hydrogens (tertiary/aromatic N) is 5. The van der Waals surface area contributed by atoms with Crippen LogP contribution in [0.5, 0.6) is 0 Å². The highest BCUT2D eigenvalue weighted by molar-refractivity contribution is 5.56. The molecule has 0 unspecified atom stereocenters. The Morgan fingerprint density at radius 1 is 1.19 bits per heavy atom. The van der Waals surface area contributed by atoms with Crippen molar-refractivity contribution < 1.29 is 0 Å². The smallest absolute Gasteiger partial charge is 0.140 e. The van der Waals surface area contributed by atoms with E-state index in [1.807, 2.05) is 22.9 Å². The maximum absolute atomic E-state index is 5.86. The molecular weight excluding hydrogens is 264 g/mol. The van der Waals surface area contributed by atoms with Gasteiger partial charge in [0, 0.05) is 44.1 Å². The molecule has 1 aromatic carbocycles. The number of hydrogen-bond acceptors (Lipinski definition) is 5. The van der Waals surface area contributed by atoms with Crippen molar-refractivity contribution in [3.05, 3.63) is 36.4 Å². The summed E-state index contributed by atoms with van der Waals surface area (Å²) in [5, 5.41) is 4.23. The Labute approximate surface area is 125 Å². The molecular formula is C15H22N6. The Balaban J connectivity index is 1.58. The number of aryl methyl sites for hydroxylation is 1. The van der Waals surface area contributed by atoms with Crippen LogP contribution in [0.3, 0.4) is 0 Å². The molecule has 2 heterocycles. The first-order valence-electron chi connectivity index (χ1n) is 7.46. The van der Waals surface area contributed by atoms with Gasteiger partial charge in [-0.05, 0) is 25.1 Å². The quantitative estimate of drug-likeness (QED) is 0.856. The summed E-state index contributed by atoms with van der Waals surface area (Å²) in [5.41, 5.74) is 7.90. The van der Waals surface area contributed by atoms with Crippen LogP contribution in [0.1, 0.15) is 12.7 Å². The van der Waals surface area contributed by atoms with Crippen LogP contribution in [-0.2, 0) is 13.1 Å². The standard InChI is InChI=1S/C15H22N6/c1-2-21-15(17-12-18-21)11-19-6-8-20(9-7-19)14-5-3-4-13(16)10-14/h3-5,10,12H,2,6-9,11,16H2,1H3. The van der Waals surface area contributed by atoms with Crippen LogP contribution in [0.25, 0.3) is 0 Å². The Morgan fingerprint density at radius 2 is 2.00 bits per heavy atom. The molecule has 1 aromatic heterocycles. The first-order valence-corrected chi connectivity index (χ1v) is 7.46. The lowest BCUT2D eigenvalue weighted by Gasteiger charge is -2.35. The summed E-state index contributed by atoms with van der Waals surface area (Å²) >= 11 is 0. The fraction of sp³-hybridized carbons (Fsp3) is 0.467. The monoisotopic (exact) mass is 286 g/mol. The molecule has 2 aromatic rings. The van der Waals surface area contributed by atoms with E-state index in [1.165, 1.54) is 5.69 Å². The molecule has 0 bridgehead atoms. The zero-order valence-corrected chi connectivity index (χ0v) is 12.4. The van der Waals surface area contributed by atoms with Gasteiger partial charge in [-0.2, -0.15) is 5.10 Å². The second-order valence-corrected chi connectivity index (χ2v) is 5.35. The molecule has 0 spiro atoms. The predicted octanol–water partition coefficient (Wildman–Crippen LogP) is 1.20. The summed E-state index contributed by atoms with van der Waals surface area (Å²) in [7, 11) is 0. The van der Waals surface area contributed by atoms with Gasteiger partial charge in [0.1, 0.15) is 12.2 Å². The van der Waals surface area contributed by atoms with Crippen LogP contribution in [0.4, 0.5) is 11.4 Å². The van der Waals surface area contributed by atoms with E-state index in [4.69, 9.17) is 5.73 Å². The van der Waals surface area contributed by atoms with Gasteiger partial charge < -0.3 is 10.6 Å². The van der Waals surface area contributed by atoms with E-state index in [1.54, 1.807) is 6.33 Å². The van der Waals surface area contributed by atoms with Crippen LogP contribution >= 0.6 is 0 Å². The SMILES string of the molecule is CCn1ncnc1CN1CCN(c2cccc(N)c2)CC1. The number of rotatable bonds is 4. The second-order valence-electron chi connectivity index (χ2n) is 5.35. The highest BCUT2D eigenvalue weighted by Gasteiger charge is 2.18. The molecule has 0 aliphatic carbocycles. The first kappa shape index (κ1) is 13.9. The number of hydrogen-bond donors (Lipinski definition) is 1. The van der Waals surface area contributed by atoms with Crippen molar-refractivity contribution >= 4 is 11.4 Å². The lowest BCUT2D eigenvalue weighted by Crippen LogP contribution is -2.46. The van der Waals surface area contributed by atoms with Gasteiger partial charge in [-0.15, -0.1) is 0 Å². The minimum Gasteiger partial charge on any atom is -0.399 e. The molecule has 6 nitrogen and oxygen atoms in total. The number of anilines is 2. The van der Waals surface area contributed by atoms with Crippen molar-refractivity contribution in [2.24, 2.45) is 0 Å². The highest BCUT2D eigenvalue weighted by Crippen LogP contribution is 2.19. The zero-order valence-electron chi connectivity index (χ0n) is 12.4. The number of piperazine rings is 1. The van der Waals surface area contributed by atoms with Gasteiger partial charge in [0.25, 0.3) is 0 Å². The molecule has 1 aliphatic rings. The highest BCUT2D eigenvalue weighted by atomic mass is 15.4. The maximum atomic E-state index is 5.86. The summed E-state index contributed by atoms with van der Waals surface area (Å²) in [4.78, 5) is 9.17. The summed E-state index contributed by atoms with van der Waals surface area (Å²) < 4.78 is 1.96. The molecule has 0 saturated carbocycles. The second kappa shape index (κ2) is 6.13. The van der Waals surface area contributed by atoms with Crippen LogP contribution in [0, 0.1) is 0 Å². The molecule has 21 heavy (non-hydrogen) atoms. The Bertz CT molecular complexity index is 585. The van der Waals surface area contributed by atoms with Crippen LogP contribution in [-0.4, -0.2) is 45.8 Å². The average Bonchev–Trinajstić information content (AvgIpc) is 2.95. The van der Waals surface area contributed by atoms with Gasteiger partial charge in [0.15, 0.2) is 0 Å². The van der Waals surface area contributed by atoms with Gasteiger partial charge in [-0.3, -0.25) is 4.90 Å². The van der Waals surface area contributed by atoms with E-state index in [0.29, 0.717) is 0 Å². The van der Waals surface area contributed by atoms with E-state index in [-0.39, 0.29) is 0 Å². The molecule has 6 heteroatoms. The van der Waals surface area contributed by atoms with E-state index in [2.05, 4.69) is 32.9 Å². The fourth-order valence-corrected chi connectivity index (χ4v) is 2.76. The van der Waals surface area contributed by atoms with E-state index in [9.17, 15) is 0 Å². The molecule has 0 amide bonds. The van der Waals surface area contributed by atoms with Gasteiger partial charge in [-0.25, -0.2) is 9.67 Å². The molecule has 3 rings (SSSR count). The number of aromatic nitrogens is 3. The molecule has 1 fully saturated rings. The molecule has 112 valence electrons.